The predicted octanol–water partition coefficient (Wildman–Crippen LogP) is 2.78. The third-order valence-corrected chi connectivity index (χ3v) is 4.49. The Labute approximate surface area is 164 Å². The van der Waals surface area contributed by atoms with E-state index in [1.54, 1.807) is 0 Å². The molecule has 1 aromatic heterocycles. The van der Waals surface area contributed by atoms with Crippen molar-refractivity contribution in [1.82, 2.24) is 20.1 Å². The van der Waals surface area contributed by atoms with Gasteiger partial charge in [-0.3, -0.25) is 4.99 Å². The molecule has 1 aromatic rings. The van der Waals surface area contributed by atoms with Crippen molar-refractivity contribution >= 4 is 29.9 Å². The van der Waals surface area contributed by atoms with Crippen molar-refractivity contribution in [3.63, 3.8) is 0 Å². The number of unbranched alkanes of at least 4 members (excludes halogenated alkanes) is 1. The summed E-state index contributed by atoms with van der Waals surface area (Å²) in [6.45, 7) is 9.03. The lowest BCUT2D eigenvalue weighted by atomic mass is 10.0. The molecule has 0 radical (unpaired) electrons. The minimum Gasteiger partial charge on any atom is -0.356 e. The number of rotatable bonds is 8. The number of piperidine rings is 1. The Hall–Kier alpha value is -0.760. The highest BCUT2D eigenvalue weighted by Gasteiger charge is 2.15. The zero-order valence-electron chi connectivity index (χ0n) is 15.2. The average Bonchev–Trinajstić information content (AvgIpc) is 3.06. The van der Waals surface area contributed by atoms with E-state index in [1.165, 1.54) is 45.3 Å². The van der Waals surface area contributed by atoms with Crippen LogP contribution in [0.25, 0.3) is 0 Å². The Bertz CT molecular complexity index is 446. The lowest BCUT2D eigenvalue weighted by molar-refractivity contribution is 0.181. The summed E-state index contributed by atoms with van der Waals surface area (Å²) in [4.78, 5) is 6.90. The number of hydrogen-bond donors (Lipinski definition) is 2. The maximum absolute atomic E-state index is 4.28. The average molecular weight is 447 g/mol. The van der Waals surface area contributed by atoms with Crippen molar-refractivity contribution in [2.75, 3.05) is 39.8 Å². The van der Waals surface area contributed by atoms with E-state index >= 15 is 0 Å². The number of guanidine groups is 1. The van der Waals surface area contributed by atoms with Crippen molar-refractivity contribution in [3.8, 4) is 0 Å². The minimum absolute atomic E-state index is 0. The van der Waals surface area contributed by atoms with Gasteiger partial charge in [0.05, 0.1) is 0 Å². The van der Waals surface area contributed by atoms with Gasteiger partial charge < -0.3 is 20.1 Å². The molecule has 6 heteroatoms. The Morgan fingerprint density at radius 1 is 1.12 bits per heavy atom. The van der Waals surface area contributed by atoms with Crippen LogP contribution in [-0.4, -0.2) is 55.2 Å². The molecule has 1 unspecified atom stereocenters. The normalized spacial score (nSPS) is 18.9. The monoisotopic (exact) mass is 447 g/mol. The van der Waals surface area contributed by atoms with Crippen LogP contribution in [-0.2, 0) is 6.54 Å². The fraction of sp³-hybridized carbons (Fsp3) is 0.722. The molecule has 1 fully saturated rings. The van der Waals surface area contributed by atoms with E-state index in [2.05, 4.69) is 56.5 Å². The molecule has 0 spiro atoms. The summed E-state index contributed by atoms with van der Waals surface area (Å²) in [7, 11) is 1.83. The third-order valence-electron chi connectivity index (χ3n) is 4.49. The van der Waals surface area contributed by atoms with Crippen molar-refractivity contribution in [3.05, 3.63) is 24.5 Å². The molecule has 0 amide bonds. The van der Waals surface area contributed by atoms with E-state index in [-0.39, 0.29) is 24.0 Å². The summed E-state index contributed by atoms with van der Waals surface area (Å²) in [5.74, 6) is 1.79. The first-order valence-corrected chi connectivity index (χ1v) is 9.05. The summed E-state index contributed by atoms with van der Waals surface area (Å²) in [6.07, 6.45) is 9.41. The van der Waals surface area contributed by atoms with Crippen LogP contribution in [0.5, 0.6) is 0 Å². The van der Waals surface area contributed by atoms with Gasteiger partial charge in [0.1, 0.15) is 0 Å². The van der Waals surface area contributed by atoms with E-state index in [0.29, 0.717) is 0 Å². The molecule has 1 atom stereocenters. The zero-order chi connectivity index (χ0) is 16.3. The smallest absolute Gasteiger partial charge is 0.191 e. The molecule has 2 N–H and O–H groups in total. The summed E-state index contributed by atoms with van der Waals surface area (Å²) in [5, 5.41) is 6.77. The van der Waals surface area contributed by atoms with Crippen LogP contribution < -0.4 is 10.6 Å². The third kappa shape index (κ3) is 8.37. The van der Waals surface area contributed by atoms with E-state index in [4.69, 9.17) is 0 Å². The fourth-order valence-electron chi connectivity index (χ4n) is 3.20. The number of nitrogens with one attached hydrogen (secondary N) is 2. The van der Waals surface area contributed by atoms with Gasteiger partial charge in [-0.2, -0.15) is 0 Å². The van der Waals surface area contributed by atoms with Crippen LogP contribution in [0, 0.1) is 5.92 Å². The molecule has 0 aliphatic carbocycles. The van der Waals surface area contributed by atoms with Crippen molar-refractivity contribution in [2.24, 2.45) is 10.9 Å². The second-order valence-corrected chi connectivity index (χ2v) is 6.60. The van der Waals surface area contributed by atoms with Gasteiger partial charge in [0.2, 0.25) is 0 Å². The lowest BCUT2D eigenvalue weighted by Crippen LogP contribution is -2.39. The Kier molecular flexibility index (Phi) is 11.2. The van der Waals surface area contributed by atoms with Crippen LogP contribution in [0.15, 0.2) is 29.5 Å². The number of nitrogens with zero attached hydrogens (tertiary/aromatic N) is 3. The number of halogens is 1. The molecule has 2 heterocycles. The first-order valence-electron chi connectivity index (χ1n) is 9.05. The zero-order valence-corrected chi connectivity index (χ0v) is 17.5. The van der Waals surface area contributed by atoms with Gasteiger partial charge in [-0.1, -0.05) is 6.92 Å². The predicted molar refractivity (Wildman–Crippen MR) is 113 cm³/mol. The molecule has 0 bridgehead atoms. The Balaban J connectivity index is 0.00000288. The number of hydrogen-bond acceptors (Lipinski definition) is 2. The largest absolute Gasteiger partial charge is 0.356 e. The van der Waals surface area contributed by atoms with Gasteiger partial charge in [-0.05, 0) is 56.8 Å². The van der Waals surface area contributed by atoms with Crippen molar-refractivity contribution in [1.29, 1.82) is 0 Å². The van der Waals surface area contributed by atoms with Gasteiger partial charge in [0.15, 0.2) is 5.96 Å². The van der Waals surface area contributed by atoms with E-state index in [0.717, 1.165) is 31.5 Å². The lowest BCUT2D eigenvalue weighted by Gasteiger charge is -2.30. The summed E-state index contributed by atoms with van der Waals surface area (Å²) in [5.41, 5.74) is 0. The van der Waals surface area contributed by atoms with Crippen LogP contribution in [0.1, 0.15) is 32.6 Å². The SMILES string of the molecule is CN=C(NCCCCN1CCCC(C)C1)NCCn1cccc1.I. The second kappa shape index (κ2) is 12.6. The maximum atomic E-state index is 4.28. The highest BCUT2D eigenvalue weighted by atomic mass is 127. The molecule has 138 valence electrons. The van der Waals surface area contributed by atoms with E-state index in [1.807, 2.05) is 7.05 Å². The van der Waals surface area contributed by atoms with Gasteiger partial charge in [0.25, 0.3) is 0 Å². The van der Waals surface area contributed by atoms with Crippen molar-refractivity contribution in [2.45, 2.75) is 39.2 Å². The Morgan fingerprint density at radius 2 is 1.88 bits per heavy atom. The first-order chi connectivity index (χ1) is 11.3. The molecule has 1 aliphatic rings. The fourth-order valence-corrected chi connectivity index (χ4v) is 3.20. The van der Waals surface area contributed by atoms with Crippen LogP contribution in [0.4, 0.5) is 0 Å². The number of likely N-dealkylation sites (tertiary alicyclic amines) is 1. The molecule has 0 aromatic carbocycles. The first kappa shape index (κ1) is 21.3. The van der Waals surface area contributed by atoms with Crippen LogP contribution in [0.2, 0.25) is 0 Å². The van der Waals surface area contributed by atoms with Crippen LogP contribution >= 0.6 is 24.0 Å². The topological polar surface area (TPSA) is 44.6 Å². The molecular weight excluding hydrogens is 413 g/mol. The standard InChI is InChI=1S/C18H33N5.HI/c1-17-8-7-14-23(16-17)13-4-3-9-20-18(19-2)21-10-15-22-11-5-6-12-22;/h5-6,11-12,17H,3-4,7-10,13-16H2,1-2H3,(H2,19,20,21);1H. The second-order valence-electron chi connectivity index (χ2n) is 6.60. The van der Waals surface area contributed by atoms with Gasteiger partial charge in [-0.15, -0.1) is 24.0 Å². The molecule has 1 aliphatic heterocycles. The highest BCUT2D eigenvalue weighted by molar-refractivity contribution is 14.0. The molecule has 2 rings (SSSR count). The molecule has 24 heavy (non-hydrogen) atoms. The quantitative estimate of drug-likeness (QED) is 0.279. The van der Waals surface area contributed by atoms with Crippen molar-refractivity contribution < 1.29 is 0 Å². The van der Waals surface area contributed by atoms with Crippen LogP contribution in [0.3, 0.4) is 0 Å². The molecule has 5 nitrogen and oxygen atoms in total. The minimum atomic E-state index is 0. The van der Waals surface area contributed by atoms with E-state index in [9.17, 15) is 0 Å². The van der Waals surface area contributed by atoms with Gasteiger partial charge >= 0.3 is 0 Å². The van der Waals surface area contributed by atoms with E-state index < -0.39 is 0 Å². The number of aliphatic imine (C=N–C) groups is 1. The summed E-state index contributed by atoms with van der Waals surface area (Å²) < 4.78 is 2.17. The molecular formula is C18H34IN5. The Morgan fingerprint density at radius 3 is 2.58 bits per heavy atom. The van der Waals surface area contributed by atoms with Gasteiger partial charge in [-0.25, -0.2) is 0 Å². The summed E-state index contributed by atoms with van der Waals surface area (Å²) >= 11 is 0. The number of aromatic nitrogens is 1. The molecule has 0 saturated carbocycles. The highest BCUT2D eigenvalue weighted by Crippen LogP contribution is 2.15. The molecule has 1 saturated heterocycles. The van der Waals surface area contributed by atoms with Gasteiger partial charge in [0, 0.05) is 45.6 Å². The summed E-state index contributed by atoms with van der Waals surface area (Å²) in [6, 6.07) is 4.10. The maximum Gasteiger partial charge on any atom is 0.191 e.